The van der Waals surface area contributed by atoms with Crippen molar-refractivity contribution in [1.82, 2.24) is 5.32 Å². The van der Waals surface area contributed by atoms with E-state index >= 15 is 0 Å². The molecule has 0 aliphatic heterocycles. The molecule has 0 fully saturated rings. The number of nitrogens with one attached hydrogen (secondary N) is 1. The Bertz CT molecular complexity index is 682. The Morgan fingerprint density at radius 2 is 1.77 bits per heavy atom. The zero-order chi connectivity index (χ0) is 15.9. The summed E-state index contributed by atoms with van der Waals surface area (Å²) >= 11 is 0. The maximum atomic E-state index is 11.7. The number of phenols is 1. The van der Waals surface area contributed by atoms with E-state index < -0.39 is 11.9 Å². The van der Waals surface area contributed by atoms with E-state index in [0.717, 1.165) is 11.1 Å². The molecule has 2 rings (SSSR count). The van der Waals surface area contributed by atoms with Crippen LogP contribution < -0.4 is 5.32 Å². The number of rotatable bonds is 5. The van der Waals surface area contributed by atoms with E-state index in [1.54, 1.807) is 12.1 Å². The van der Waals surface area contributed by atoms with Crippen LogP contribution in [-0.2, 0) is 16.1 Å². The van der Waals surface area contributed by atoms with Crippen molar-refractivity contribution in [3.05, 3.63) is 65.2 Å². The molecule has 0 aromatic heterocycles. The average Bonchev–Trinajstić information content (AvgIpc) is 2.52. The van der Waals surface area contributed by atoms with Crippen molar-refractivity contribution in [2.75, 3.05) is 6.61 Å². The van der Waals surface area contributed by atoms with E-state index in [1.807, 2.05) is 31.2 Å². The van der Waals surface area contributed by atoms with Crippen molar-refractivity contribution in [2.45, 2.75) is 13.5 Å². The average molecular weight is 299 g/mol. The molecule has 5 heteroatoms. The van der Waals surface area contributed by atoms with Gasteiger partial charge in [0.2, 0.25) is 0 Å². The number of aromatic hydroxyl groups is 1. The van der Waals surface area contributed by atoms with Gasteiger partial charge in [0.15, 0.2) is 6.61 Å². The van der Waals surface area contributed by atoms with Crippen LogP contribution in [0, 0.1) is 6.92 Å². The summed E-state index contributed by atoms with van der Waals surface area (Å²) in [6.45, 7) is 1.94. The quantitative estimate of drug-likeness (QED) is 0.830. The molecule has 0 bridgehead atoms. The lowest BCUT2D eigenvalue weighted by Crippen LogP contribution is -2.28. The topological polar surface area (TPSA) is 75.6 Å². The fourth-order valence-electron chi connectivity index (χ4n) is 1.91. The highest BCUT2D eigenvalue weighted by atomic mass is 16.5. The summed E-state index contributed by atoms with van der Waals surface area (Å²) in [6, 6.07) is 13.7. The second kappa shape index (κ2) is 7.26. The Balaban J connectivity index is 1.82. The maximum absolute atomic E-state index is 11.7. The molecule has 0 saturated carbocycles. The van der Waals surface area contributed by atoms with Crippen LogP contribution in [0.3, 0.4) is 0 Å². The number of carbonyl (C=O) groups excluding carboxylic acids is 2. The normalized spacial score (nSPS) is 10.0. The molecule has 1 amide bonds. The van der Waals surface area contributed by atoms with Gasteiger partial charge >= 0.3 is 5.97 Å². The smallest absolute Gasteiger partial charge is 0.342 e. The third-order valence-corrected chi connectivity index (χ3v) is 3.20. The molecule has 0 heterocycles. The first-order chi connectivity index (χ1) is 10.6. The van der Waals surface area contributed by atoms with Gasteiger partial charge in [-0.25, -0.2) is 4.79 Å². The number of ether oxygens (including phenoxy) is 1. The van der Waals surface area contributed by atoms with Gasteiger partial charge in [-0.1, -0.05) is 36.4 Å². The summed E-state index contributed by atoms with van der Waals surface area (Å²) in [5, 5.41) is 12.2. The molecule has 0 aliphatic carbocycles. The van der Waals surface area contributed by atoms with Gasteiger partial charge in [0.05, 0.1) is 0 Å². The predicted octanol–water partition coefficient (Wildman–Crippen LogP) is 2.17. The number of benzene rings is 2. The van der Waals surface area contributed by atoms with Gasteiger partial charge in [-0.2, -0.15) is 0 Å². The lowest BCUT2D eigenvalue weighted by Gasteiger charge is -2.09. The first kappa shape index (κ1) is 15.6. The Hall–Kier alpha value is -2.82. The Kier molecular flexibility index (Phi) is 5.14. The molecule has 0 unspecified atom stereocenters. The van der Waals surface area contributed by atoms with Crippen LogP contribution in [0.15, 0.2) is 48.5 Å². The van der Waals surface area contributed by atoms with E-state index in [-0.39, 0.29) is 17.9 Å². The van der Waals surface area contributed by atoms with Crippen LogP contribution in [0.25, 0.3) is 0 Å². The number of amides is 1. The third-order valence-electron chi connectivity index (χ3n) is 3.20. The molecule has 0 spiro atoms. The first-order valence-electron chi connectivity index (χ1n) is 6.84. The minimum Gasteiger partial charge on any atom is -0.507 e. The molecular weight excluding hydrogens is 282 g/mol. The van der Waals surface area contributed by atoms with Crippen LogP contribution in [0.1, 0.15) is 21.5 Å². The number of hydrogen-bond acceptors (Lipinski definition) is 4. The second-order valence-corrected chi connectivity index (χ2v) is 4.80. The molecule has 22 heavy (non-hydrogen) atoms. The minimum absolute atomic E-state index is 0.0363. The van der Waals surface area contributed by atoms with Gasteiger partial charge in [-0.15, -0.1) is 0 Å². The molecule has 114 valence electrons. The fraction of sp³-hybridized carbons (Fsp3) is 0.176. The van der Waals surface area contributed by atoms with E-state index in [9.17, 15) is 14.7 Å². The number of para-hydroxylation sites is 1. The van der Waals surface area contributed by atoms with E-state index in [2.05, 4.69) is 5.32 Å². The molecule has 5 nitrogen and oxygen atoms in total. The molecule has 2 aromatic rings. The minimum atomic E-state index is -0.732. The summed E-state index contributed by atoms with van der Waals surface area (Å²) in [5.74, 6) is -1.30. The zero-order valence-corrected chi connectivity index (χ0v) is 12.2. The van der Waals surface area contributed by atoms with Crippen LogP contribution in [0.4, 0.5) is 0 Å². The van der Waals surface area contributed by atoms with Crippen LogP contribution in [0.5, 0.6) is 5.75 Å². The first-order valence-corrected chi connectivity index (χ1v) is 6.84. The van der Waals surface area contributed by atoms with Gasteiger partial charge in [0, 0.05) is 6.54 Å². The van der Waals surface area contributed by atoms with Gasteiger partial charge in [0.25, 0.3) is 5.91 Å². The number of esters is 1. The highest BCUT2D eigenvalue weighted by molar-refractivity contribution is 5.93. The lowest BCUT2D eigenvalue weighted by atomic mass is 10.1. The molecule has 0 aliphatic rings. The molecule has 2 aromatic carbocycles. The van der Waals surface area contributed by atoms with Crippen molar-refractivity contribution in [3.63, 3.8) is 0 Å². The summed E-state index contributed by atoms with van der Waals surface area (Å²) < 4.78 is 4.88. The van der Waals surface area contributed by atoms with E-state index in [1.165, 1.54) is 12.1 Å². The van der Waals surface area contributed by atoms with Gasteiger partial charge in [0.1, 0.15) is 11.3 Å². The van der Waals surface area contributed by atoms with Crippen LogP contribution in [0.2, 0.25) is 0 Å². The van der Waals surface area contributed by atoms with Crippen molar-refractivity contribution in [2.24, 2.45) is 0 Å². The molecular formula is C17H17NO4. The largest absolute Gasteiger partial charge is 0.507 e. The highest BCUT2D eigenvalue weighted by Crippen LogP contribution is 2.16. The number of carbonyl (C=O) groups is 2. The van der Waals surface area contributed by atoms with Crippen molar-refractivity contribution >= 4 is 11.9 Å². The van der Waals surface area contributed by atoms with Crippen molar-refractivity contribution in [3.8, 4) is 5.75 Å². The monoisotopic (exact) mass is 299 g/mol. The van der Waals surface area contributed by atoms with Crippen molar-refractivity contribution in [1.29, 1.82) is 0 Å². The molecule has 0 atom stereocenters. The Morgan fingerprint density at radius 1 is 1.09 bits per heavy atom. The standard InChI is InChI=1S/C17H17NO4/c1-12-6-2-3-7-13(12)10-18-16(20)11-22-17(21)14-8-4-5-9-15(14)19/h2-9,19H,10-11H2,1H3,(H,18,20). The Labute approximate surface area is 128 Å². The second-order valence-electron chi connectivity index (χ2n) is 4.80. The van der Waals surface area contributed by atoms with Crippen LogP contribution in [-0.4, -0.2) is 23.6 Å². The lowest BCUT2D eigenvalue weighted by molar-refractivity contribution is -0.124. The summed E-state index contributed by atoms with van der Waals surface area (Å²) in [5.41, 5.74) is 2.12. The molecule has 2 N–H and O–H groups in total. The maximum Gasteiger partial charge on any atom is 0.342 e. The number of aryl methyl sites for hydroxylation is 1. The number of hydrogen-bond donors (Lipinski definition) is 2. The predicted molar refractivity (Wildman–Crippen MR) is 81.4 cm³/mol. The zero-order valence-electron chi connectivity index (χ0n) is 12.2. The van der Waals surface area contributed by atoms with Gasteiger partial charge < -0.3 is 15.2 Å². The van der Waals surface area contributed by atoms with E-state index in [0.29, 0.717) is 6.54 Å². The number of phenolic OH excluding ortho intramolecular Hbond substituents is 1. The van der Waals surface area contributed by atoms with Gasteiger partial charge in [-0.3, -0.25) is 4.79 Å². The third kappa shape index (κ3) is 4.09. The molecule has 0 saturated heterocycles. The van der Waals surface area contributed by atoms with Crippen LogP contribution >= 0.6 is 0 Å². The van der Waals surface area contributed by atoms with E-state index in [4.69, 9.17) is 4.74 Å². The highest BCUT2D eigenvalue weighted by Gasteiger charge is 2.13. The molecule has 0 radical (unpaired) electrons. The van der Waals surface area contributed by atoms with Crippen molar-refractivity contribution < 1.29 is 19.4 Å². The SMILES string of the molecule is Cc1ccccc1CNC(=O)COC(=O)c1ccccc1O. The summed E-state index contributed by atoms with van der Waals surface area (Å²) in [7, 11) is 0. The fourth-order valence-corrected chi connectivity index (χ4v) is 1.91. The Morgan fingerprint density at radius 3 is 2.50 bits per heavy atom. The summed E-state index contributed by atoms with van der Waals surface area (Å²) in [4.78, 5) is 23.4. The van der Waals surface area contributed by atoms with Gasteiger partial charge in [-0.05, 0) is 30.2 Å². The summed E-state index contributed by atoms with van der Waals surface area (Å²) in [6.07, 6.45) is 0.